The molecule has 0 saturated heterocycles. The van der Waals surface area contributed by atoms with E-state index in [4.69, 9.17) is 0 Å². The van der Waals surface area contributed by atoms with Gasteiger partial charge in [0.25, 0.3) is 0 Å². The summed E-state index contributed by atoms with van der Waals surface area (Å²) < 4.78 is 67.7. The molecule has 0 aliphatic carbocycles. The van der Waals surface area contributed by atoms with E-state index in [9.17, 15) is 25.9 Å². The van der Waals surface area contributed by atoms with Crippen molar-refractivity contribution in [2.75, 3.05) is 12.3 Å². The van der Waals surface area contributed by atoms with E-state index < -0.39 is 31.4 Å². The van der Waals surface area contributed by atoms with Crippen LogP contribution in [0.15, 0.2) is 23.1 Å². The summed E-state index contributed by atoms with van der Waals surface area (Å²) in [6, 6.07) is 4.29. The molecule has 1 aliphatic heterocycles. The van der Waals surface area contributed by atoms with Crippen LogP contribution >= 0.6 is 0 Å². The fourth-order valence-electron chi connectivity index (χ4n) is 2.96. The van der Waals surface area contributed by atoms with Gasteiger partial charge in [-0.2, -0.15) is 4.58 Å². The van der Waals surface area contributed by atoms with Gasteiger partial charge in [0.2, 0.25) is 5.69 Å². The van der Waals surface area contributed by atoms with E-state index in [0.29, 0.717) is 13.0 Å². The molecular weight excluding hydrogens is 393 g/mol. The van der Waals surface area contributed by atoms with E-state index in [1.165, 1.54) is 12.1 Å². The van der Waals surface area contributed by atoms with Crippen molar-refractivity contribution in [2.24, 2.45) is 0 Å². The molecular formula is C15H20KNO6S2. The van der Waals surface area contributed by atoms with Gasteiger partial charge in [-0.15, -0.1) is 0 Å². The Morgan fingerprint density at radius 2 is 1.68 bits per heavy atom. The molecule has 0 spiro atoms. The van der Waals surface area contributed by atoms with Crippen molar-refractivity contribution in [3.8, 4) is 0 Å². The second-order valence-corrected chi connectivity index (χ2v) is 9.37. The minimum atomic E-state index is -4.53. The van der Waals surface area contributed by atoms with Crippen molar-refractivity contribution in [1.82, 2.24) is 0 Å². The van der Waals surface area contributed by atoms with Gasteiger partial charge in [0, 0.05) is 30.7 Å². The molecule has 2 rings (SSSR count). The summed E-state index contributed by atoms with van der Waals surface area (Å²) >= 11 is 0. The minimum absolute atomic E-state index is 0. The van der Waals surface area contributed by atoms with E-state index in [-0.39, 0.29) is 62.7 Å². The van der Waals surface area contributed by atoms with Crippen LogP contribution in [0.25, 0.3) is 0 Å². The monoisotopic (exact) mass is 413 g/mol. The quantitative estimate of drug-likeness (QED) is 0.238. The van der Waals surface area contributed by atoms with Gasteiger partial charge in [0.05, 0.1) is 20.4 Å². The number of hydrogen-bond donors (Lipinski definition) is 0. The fraction of sp³-hybridized carbons (Fsp3) is 0.533. The van der Waals surface area contributed by atoms with Gasteiger partial charge in [-0.25, -0.2) is 16.8 Å². The van der Waals surface area contributed by atoms with Crippen molar-refractivity contribution >= 4 is 31.6 Å². The number of unbranched alkanes of at least 4 members (excludes halogenated alkanes) is 1. The van der Waals surface area contributed by atoms with Gasteiger partial charge >= 0.3 is 51.4 Å². The average Bonchev–Trinajstić information content (AvgIpc) is 2.61. The average molecular weight is 414 g/mol. The Morgan fingerprint density at radius 1 is 1.08 bits per heavy atom. The summed E-state index contributed by atoms with van der Waals surface area (Å²) in [7, 11) is -8.74. The molecule has 1 aromatic carbocycles. The van der Waals surface area contributed by atoms with Crippen LogP contribution in [-0.4, -0.2) is 48.5 Å². The number of hydrogen-bond acceptors (Lipinski definition) is 6. The minimum Gasteiger partial charge on any atom is -0.748 e. The zero-order chi connectivity index (χ0) is 18.3. The smallest absolute Gasteiger partial charge is 0.748 e. The first-order chi connectivity index (χ1) is 10.8. The van der Waals surface area contributed by atoms with Crippen LogP contribution in [0.3, 0.4) is 0 Å². The summed E-state index contributed by atoms with van der Waals surface area (Å²) in [5.41, 5.74) is 2.08. The molecule has 0 N–H and O–H groups in total. The second-order valence-electron chi connectivity index (χ2n) is 6.46. The van der Waals surface area contributed by atoms with Crippen LogP contribution in [0.5, 0.6) is 0 Å². The third-order valence-electron chi connectivity index (χ3n) is 4.56. The maximum atomic E-state index is 11.2. The molecule has 0 atom stereocenters. The molecule has 1 heterocycles. The topological polar surface area (TPSA) is 117 Å². The van der Waals surface area contributed by atoms with Crippen molar-refractivity contribution in [3.63, 3.8) is 0 Å². The van der Waals surface area contributed by atoms with E-state index in [2.05, 4.69) is 0 Å². The first-order valence-corrected chi connectivity index (χ1v) is 10.5. The molecule has 134 valence electrons. The molecule has 25 heavy (non-hydrogen) atoms. The van der Waals surface area contributed by atoms with Gasteiger partial charge in [-0.3, -0.25) is 0 Å². The summed E-state index contributed by atoms with van der Waals surface area (Å²) in [6.07, 6.45) is 0.772. The Balaban J connectivity index is 0.00000312. The Bertz CT molecular complexity index is 904. The second kappa shape index (κ2) is 8.15. The number of fused-ring (bicyclic) bond motifs is 1. The number of rotatable bonds is 6. The summed E-state index contributed by atoms with van der Waals surface area (Å²) in [5.74, 6) is -0.399. The molecule has 0 aromatic heterocycles. The predicted molar refractivity (Wildman–Crippen MR) is 86.7 cm³/mol. The molecule has 0 saturated carbocycles. The summed E-state index contributed by atoms with van der Waals surface area (Å²) in [6.45, 7) is 6.30. The fourth-order valence-corrected chi connectivity index (χ4v) is 4.01. The predicted octanol–water partition coefficient (Wildman–Crippen LogP) is -1.68. The van der Waals surface area contributed by atoms with Gasteiger partial charge in [0.1, 0.15) is 16.7 Å². The van der Waals surface area contributed by atoms with Gasteiger partial charge < -0.3 is 9.11 Å². The molecule has 10 heteroatoms. The zero-order valence-electron chi connectivity index (χ0n) is 14.8. The van der Waals surface area contributed by atoms with Gasteiger partial charge in [0.15, 0.2) is 5.71 Å². The van der Waals surface area contributed by atoms with Crippen LogP contribution < -0.4 is 51.4 Å². The Kier molecular flexibility index (Phi) is 7.63. The van der Waals surface area contributed by atoms with E-state index in [1.807, 2.05) is 25.3 Å². The van der Waals surface area contributed by atoms with Crippen molar-refractivity contribution in [2.45, 2.75) is 43.9 Å². The van der Waals surface area contributed by atoms with E-state index in [0.717, 1.165) is 17.0 Å². The SMILES string of the molecule is CC1=[N+](CCCCS(=O)(=O)[O-])c2ccc(S(=O)(=O)[O-])cc2C1(C)C.[K+]. The van der Waals surface area contributed by atoms with Crippen LogP contribution in [0.2, 0.25) is 0 Å². The third-order valence-corrected chi connectivity index (χ3v) is 6.18. The summed E-state index contributed by atoms with van der Waals surface area (Å²) in [4.78, 5) is -0.263. The molecule has 0 radical (unpaired) electrons. The zero-order valence-corrected chi connectivity index (χ0v) is 19.5. The van der Waals surface area contributed by atoms with Crippen molar-refractivity contribution < 1.29 is 81.9 Å². The largest absolute Gasteiger partial charge is 1.00 e. The molecule has 1 aliphatic rings. The molecule has 0 amide bonds. The van der Waals surface area contributed by atoms with Gasteiger partial charge in [-0.05, 0) is 32.4 Å². The standard InChI is InChI=1S/C15H21NO6S2.K/c1-11-15(2,3)13-10-12(24(20,21)22)6-7-14(13)16(11)8-4-5-9-23(17,18)19;/h6-7,10H,4-5,8-9H2,1-3H3,(H-,17,18,19,20,21,22);/q;+1/p-1. The molecule has 0 unspecified atom stereocenters. The first-order valence-electron chi connectivity index (χ1n) is 7.49. The van der Waals surface area contributed by atoms with Crippen molar-refractivity contribution in [3.05, 3.63) is 23.8 Å². The normalized spacial score (nSPS) is 16.5. The summed E-state index contributed by atoms with van der Waals surface area (Å²) in [5, 5.41) is 0. The maximum Gasteiger partial charge on any atom is 1.00 e. The van der Waals surface area contributed by atoms with E-state index in [1.54, 1.807) is 6.07 Å². The number of benzene rings is 1. The molecule has 7 nitrogen and oxygen atoms in total. The van der Waals surface area contributed by atoms with E-state index >= 15 is 0 Å². The van der Waals surface area contributed by atoms with Crippen LogP contribution in [0, 0.1) is 0 Å². The van der Waals surface area contributed by atoms with Crippen LogP contribution in [0.4, 0.5) is 5.69 Å². The number of nitrogens with zero attached hydrogens (tertiary/aromatic N) is 1. The van der Waals surface area contributed by atoms with Crippen molar-refractivity contribution in [1.29, 1.82) is 0 Å². The molecule has 1 aromatic rings. The Labute approximate surface area is 191 Å². The third kappa shape index (κ3) is 5.42. The van der Waals surface area contributed by atoms with Crippen LogP contribution in [0.1, 0.15) is 39.2 Å². The van der Waals surface area contributed by atoms with Gasteiger partial charge in [-0.1, -0.05) is 0 Å². The Morgan fingerprint density at radius 3 is 2.20 bits per heavy atom. The molecule has 0 bridgehead atoms. The first kappa shape index (κ1) is 23.4. The molecule has 0 fully saturated rings. The Hall–Kier alpha value is 0.346. The van der Waals surface area contributed by atoms with Crippen LogP contribution in [-0.2, 0) is 25.7 Å². The maximum absolute atomic E-state index is 11.2.